The molecule has 1 aliphatic heterocycles. The molecule has 6 nitrogen and oxygen atoms in total. The van der Waals surface area contributed by atoms with Crippen LogP contribution in [0.1, 0.15) is 194 Å². The van der Waals surface area contributed by atoms with E-state index >= 15 is 0 Å². The van der Waals surface area contributed by atoms with E-state index in [4.69, 9.17) is 0 Å². The van der Waals surface area contributed by atoms with Gasteiger partial charge < -0.3 is 15.3 Å². The van der Waals surface area contributed by atoms with Crippen LogP contribution < -0.4 is 0 Å². The van der Waals surface area contributed by atoms with E-state index in [1.165, 1.54) is 135 Å². The second-order valence-corrected chi connectivity index (χ2v) is 15.7. The molecule has 1 heterocycles. The number of aliphatic hydroxyl groups excluding tert-OH is 3. The molecule has 0 bridgehead atoms. The summed E-state index contributed by atoms with van der Waals surface area (Å²) in [5.74, 6) is 0. The highest BCUT2D eigenvalue weighted by Gasteiger charge is 2.21. The molecule has 0 aliphatic carbocycles. The van der Waals surface area contributed by atoms with Crippen molar-refractivity contribution in [3.8, 4) is 0 Å². The first-order valence-electron chi connectivity index (χ1n) is 21.7. The molecule has 1 rings (SSSR count). The van der Waals surface area contributed by atoms with Gasteiger partial charge in [0, 0.05) is 58.9 Å². The summed E-state index contributed by atoms with van der Waals surface area (Å²) in [6, 6.07) is 0. The van der Waals surface area contributed by atoms with Gasteiger partial charge >= 0.3 is 0 Å². The van der Waals surface area contributed by atoms with Gasteiger partial charge in [0.25, 0.3) is 0 Å². The summed E-state index contributed by atoms with van der Waals surface area (Å²) in [6.07, 6.45) is 33.0. The zero-order chi connectivity index (χ0) is 34.9. The molecule has 0 radical (unpaired) electrons. The normalized spacial score (nSPS) is 17.6. The minimum absolute atomic E-state index is 0.270. The lowest BCUT2D eigenvalue weighted by Gasteiger charge is -2.28. The summed E-state index contributed by atoms with van der Waals surface area (Å²) in [4.78, 5) is 7.36. The Morgan fingerprint density at radius 3 is 0.708 bits per heavy atom. The van der Waals surface area contributed by atoms with E-state index < -0.39 is 0 Å². The van der Waals surface area contributed by atoms with Gasteiger partial charge in [-0.25, -0.2) is 0 Å². The first kappa shape index (κ1) is 45.8. The molecular formula is C42H87N3O3. The smallest absolute Gasteiger partial charge is 0.0667 e. The fraction of sp³-hybridized carbons (Fsp3) is 1.00. The van der Waals surface area contributed by atoms with Crippen LogP contribution >= 0.6 is 0 Å². The molecular weight excluding hydrogens is 594 g/mol. The van der Waals surface area contributed by atoms with Gasteiger partial charge in [-0.05, 0) is 19.3 Å². The number of nitrogens with zero attached hydrogens (tertiary/aromatic N) is 3. The van der Waals surface area contributed by atoms with Crippen molar-refractivity contribution in [3.63, 3.8) is 0 Å². The fourth-order valence-electron chi connectivity index (χ4n) is 7.44. The number of hydrogen-bond acceptors (Lipinski definition) is 6. The second kappa shape index (κ2) is 33.9. The van der Waals surface area contributed by atoms with Crippen molar-refractivity contribution in [1.29, 1.82) is 0 Å². The molecule has 0 aromatic heterocycles. The van der Waals surface area contributed by atoms with Crippen molar-refractivity contribution in [1.82, 2.24) is 14.7 Å². The number of aliphatic hydroxyl groups is 3. The van der Waals surface area contributed by atoms with Gasteiger partial charge in [-0.3, -0.25) is 14.7 Å². The van der Waals surface area contributed by atoms with Gasteiger partial charge in [-0.15, -0.1) is 0 Å². The van der Waals surface area contributed by atoms with Crippen LogP contribution in [-0.4, -0.2) is 107 Å². The van der Waals surface area contributed by atoms with E-state index in [9.17, 15) is 15.3 Å². The minimum Gasteiger partial charge on any atom is -0.392 e. The highest BCUT2D eigenvalue weighted by molar-refractivity contribution is 4.77. The Morgan fingerprint density at radius 1 is 0.312 bits per heavy atom. The number of rotatable bonds is 33. The van der Waals surface area contributed by atoms with Crippen LogP contribution in [0, 0.1) is 0 Å². The molecule has 288 valence electrons. The van der Waals surface area contributed by atoms with Crippen LogP contribution in [0.5, 0.6) is 0 Å². The van der Waals surface area contributed by atoms with E-state index in [-0.39, 0.29) is 18.3 Å². The standard InChI is InChI=1S/C42H87N3O3/c1-4-7-10-13-16-19-22-25-28-40(46)37-43-31-33-44(38-41(47)29-26-23-20-17-14-11-8-5-2)35-36-45(34-32-43)39-42(48)30-27-24-21-18-15-12-9-6-3/h40-42,46-48H,4-39H2,1-3H3/t40-,41-,42-/m0/s1. The summed E-state index contributed by atoms with van der Waals surface area (Å²) < 4.78 is 0. The monoisotopic (exact) mass is 682 g/mol. The molecule has 48 heavy (non-hydrogen) atoms. The Labute approximate surface area is 300 Å². The Kier molecular flexibility index (Phi) is 32.3. The molecule has 0 aromatic rings. The maximum absolute atomic E-state index is 11.0. The van der Waals surface area contributed by atoms with Crippen LogP contribution in [0.4, 0.5) is 0 Å². The number of β-amino-alcohol motifs (C(OH)–C–C–N with tert-alkyl or cyclic N) is 3. The van der Waals surface area contributed by atoms with Crippen molar-refractivity contribution in [2.75, 3.05) is 58.9 Å². The predicted molar refractivity (Wildman–Crippen MR) is 209 cm³/mol. The molecule has 0 saturated carbocycles. The Balaban J connectivity index is 2.54. The lowest BCUT2D eigenvalue weighted by atomic mass is 10.1. The van der Waals surface area contributed by atoms with Crippen molar-refractivity contribution in [2.24, 2.45) is 0 Å². The maximum atomic E-state index is 11.0. The summed E-state index contributed by atoms with van der Waals surface area (Å²) in [7, 11) is 0. The third kappa shape index (κ3) is 28.5. The van der Waals surface area contributed by atoms with Gasteiger partial charge in [0.2, 0.25) is 0 Å². The van der Waals surface area contributed by atoms with Crippen LogP contribution in [-0.2, 0) is 0 Å². The van der Waals surface area contributed by atoms with Gasteiger partial charge in [0.15, 0.2) is 0 Å². The zero-order valence-corrected chi connectivity index (χ0v) is 32.9. The van der Waals surface area contributed by atoms with E-state index in [0.29, 0.717) is 0 Å². The molecule has 1 saturated heterocycles. The molecule has 0 unspecified atom stereocenters. The maximum Gasteiger partial charge on any atom is 0.0667 e. The number of hydrogen-bond donors (Lipinski definition) is 3. The van der Waals surface area contributed by atoms with Crippen LogP contribution in [0.3, 0.4) is 0 Å². The Hall–Kier alpha value is -0.240. The molecule has 6 heteroatoms. The van der Waals surface area contributed by atoms with E-state index in [1.807, 2.05) is 0 Å². The Bertz CT molecular complexity index is 556. The van der Waals surface area contributed by atoms with Gasteiger partial charge in [-0.1, -0.05) is 175 Å². The highest BCUT2D eigenvalue weighted by atomic mass is 16.3. The summed E-state index contributed by atoms with van der Waals surface area (Å²) in [5.41, 5.74) is 0. The van der Waals surface area contributed by atoms with E-state index in [1.54, 1.807) is 0 Å². The number of unbranched alkanes of at least 4 members (excludes halogenated alkanes) is 21. The molecule has 3 atom stereocenters. The average molecular weight is 682 g/mol. The SMILES string of the molecule is CCCCCCCCCC[C@H](O)CN1CCN(C[C@@H](O)CCCCCCCCCC)CCN(C[C@@H](O)CCCCCCCCCC)CC1. The Morgan fingerprint density at radius 2 is 0.500 bits per heavy atom. The van der Waals surface area contributed by atoms with Crippen molar-refractivity contribution in [2.45, 2.75) is 212 Å². The molecule has 3 N–H and O–H groups in total. The third-order valence-electron chi connectivity index (χ3n) is 10.8. The lowest BCUT2D eigenvalue weighted by molar-refractivity contribution is 0.0822. The summed E-state index contributed by atoms with van der Waals surface area (Å²) >= 11 is 0. The summed E-state index contributed by atoms with van der Waals surface area (Å²) in [6.45, 7) is 14.7. The minimum atomic E-state index is -0.270. The fourth-order valence-corrected chi connectivity index (χ4v) is 7.44. The van der Waals surface area contributed by atoms with E-state index in [0.717, 1.165) is 97.4 Å². The van der Waals surface area contributed by atoms with E-state index in [2.05, 4.69) is 35.5 Å². The van der Waals surface area contributed by atoms with Gasteiger partial charge in [-0.2, -0.15) is 0 Å². The first-order chi connectivity index (χ1) is 23.5. The van der Waals surface area contributed by atoms with Crippen molar-refractivity contribution in [3.05, 3.63) is 0 Å². The van der Waals surface area contributed by atoms with Crippen molar-refractivity contribution >= 4 is 0 Å². The molecule has 0 aromatic carbocycles. The molecule has 1 fully saturated rings. The first-order valence-corrected chi connectivity index (χ1v) is 21.7. The predicted octanol–water partition coefficient (Wildman–Crippen LogP) is 9.58. The highest BCUT2D eigenvalue weighted by Crippen LogP contribution is 2.15. The largest absolute Gasteiger partial charge is 0.392 e. The molecule has 1 aliphatic rings. The lowest BCUT2D eigenvalue weighted by Crippen LogP contribution is -2.41. The second-order valence-electron chi connectivity index (χ2n) is 15.7. The zero-order valence-electron chi connectivity index (χ0n) is 32.9. The van der Waals surface area contributed by atoms with Crippen molar-refractivity contribution < 1.29 is 15.3 Å². The summed E-state index contributed by atoms with van der Waals surface area (Å²) in [5, 5.41) is 32.9. The van der Waals surface area contributed by atoms with Gasteiger partial charge in [0.05, 0.1) is 18.3 Å². The molecule has 0 spiro atoms. The van der Waals surface area contributed by atoms with Crippen LogP contribution in [0.2, 0.25) is 0 Å². The average Bonchev–Trinajstić information content (AvgIpc) is 3.16. The van der Waals surface area contributed by atoms with Gasteiger partial charge in [0.1, 0.15) is 0 Å². The topological polar surface area (TPSA) is 70.4 Å². The van der Waals surface area contributed by atoms with Crippen LogP contribution in [0.15, 0.2) is 0 Å². The molecule has 0 amide bonds. The third-order valence-corrected chi connectivity index (χ3v) is 10.8. The quantitative estimate of drug-likeness (QED) is 0.0600. The van der Waals surface area contributed by atoms with Crippen LogP contribution in [0.25, 0.3) is 0 Å².